The molecule has 2 nitrogen and oxygen atoms in total. The molecular formula is C14H21NO. The minimum atomic E-state index is 0.759. The molecule has 1 atom stereocenters. The van der Waals surface area contributed by atoms with Gasteiger partial charge in [-0.05, 0) is 44.4 Å². The highest BCUT2D eigenvalue weighted by Gasteiger charge is 2.19. The number of methoxy groups -OCH3 is 1. The van der Waals surface area contributed by atoms with Gasteiger partial charge in [0, 0.05) is 12.6 Å². The van der Waals surface area contributed by atoms with Gasteiger partial charge in [-0.3, -0.25) is 0 Å². The van der Waals surface area contributed by atoms with E-state index in [4.69, 9.17) is 4.74 Å². The minimum Gasteiger partial charge on any atom is -0.496 e. The van der Waals surface area contributed by atoms with E-state index in [-0.39, 0.29) is 0 Å². The Morgan fingerprint density at radius 1 is 1.38 bits per heavy atom. The summed E-state index contributed by atoms with van der Waals surface area (Å²) in [5.41, 5.74) is 1.32. The van der Waals surface area contributed by atoms with E-state index in [2.05, 4.69) is 24.0 Å². The summed E-state index contributed by atoms with van der Waals surface area (Å²) in [6, 6.07) is 9.09. The minimum absolute atomic E-state index is 0.759. The number of para-hydroxylation sites is 1. The largest absolute Gasteiger partial charge is 0.496 e. The first-order valence-corrected chi connectivity index (χ1v) is 6.17. The fraction of sp³-hybridized carbons (Fsp3) is 0.571. The zero-order valence-corrected chi connectivity index (χ0v) is 10.3. The molecule has 16 heavy (non-hydrogen) atoms. The van der Waals surface area contributed by atoms with Crippen LogP contribution in [-0.2, 0) is 6.42 Å². The first-order valence-electron chi connectivity index (χ1n) is 6.17. The summed E-state index contributed by atoms with van der Waals surface area (Å²) in [6.07, 6.45) is 3.80. The van der Waals surface area contributed by atoms with Crippen molar-refractivity contribution in [2.75, 3.05) is 20.2 Å². The Kier molecular flexibility index (Phi) is 3.83. The van der Waals surface area contributed by atoms with Gasteiger partial charge in [-0.15, -0.1) is 0 Å². The van der Waals surface area contributed by atoms with Crippen molar-refractivity contribution < 1.29 is 4.74 Å². The molecule has 0 unspecified atom stereocenters. The normalized spacial score (nSPS) is 21.2. The van der Waals surface area contributed by atoms with Gasteiger partial charge in [-0.1, -0.05) is 18.2 Å². The molecule has 2 heteroatoms. The number of benzene rings is 1. The van der Waals surface area contributed by atoms with Crippen LogP contribution in [-0.4, -0.2) is 31.1 Å². The quantitative estimate of drug-likeness (QED) is 0.772. The summed E-state index contributed by atoms with van der Waals surface area (Å²) in [6.45, 7) is 4.74. The van der Waals surface area contributed by atoms with Crippen LogP contribution in [0.25, 0.3) is 0 Å². The van der Waals surface area contributed by atoms with Gasteiger partial charge in [0.1, 0.15) is 5.75 Å². The molecule has 2 rings (SSSR count). The van der Waals surface area contributed by atoms with Crippen LogP contribution in [0.2, 0.25) is 0 Å². The third-order valence-electron chi connectivity index (χ3n) is 3.55. The maximum absolute atomic E-state index is 5.37. The molecular weight excluding hydrogens is 198 g/mol. The van der Waals surface area contributed by atoms with E-state index >= 15 is 0 Å². The van der Waals surface area contributed by atoms with Gasteiger partial charge in [-0.2, -0.15) is 0 Å². The Hall–Kier alpha value is -1.02. The van der Waals surface area contributed by atoms with Gasteiger partial charge >= 0.3 is 0 Å². The Morgan fingerprint density at radius 2 is 2.19 bits per heavy atom. The van der Waals surface area contributed by atoms with E-state index < -0.39 is 0 Å². The van der Waals surface area contributed by atoms with E-state index in [0.29, 0.717) is 0 Å². The number of ether oxygens (including phenoxy) is 1. The fourth-order valence-electron chi connectivity index (χ4n) is 2.50. The predicted molar refractivity (Wildman–Crippen MR) is 67.0 cm³/mol. The predicted octanol–water partition coefficient (Wildman–Crippen LogP) is 2.72. The molecule has 1 heterocycles. The summed E-state index contributed by atoms with van der Waals surface area (Å²) < 4.78 is 5.37. The van der Waals surface area contributed by atoms with Gasteiger partial charge in [0.05, 0.1) is 7.11 Å². The van der Waals surface area contributed by atoms with Crippen LogP contribution < -0.4 is 4.74 Å². The second-order valence-corrected chi connectivity index (χ2v) is 4.59. The zero-order chi connectivity index (χ0) is 11.4. The SMILES string of the molecule is COc1ccccc1CCN1CCC[C@H]1C. The molecule has 0 radical (unpaired) electrons. The van der Waals surface area contributed by atoms with Crippen LogP contribution >= 0.6 is 0 Å². The van der Waals surface area contributed by atoms with Crippen molar-refractivity contribution in [2.45, 2.75) is 32.2 Å². The molecule has 1 aromatic rings. The van der Waals surface area contributed by atoms with Crippen molar-refractivity contribution in [3.05, 3.63) is 29.8 Å². The van der Waals surface area contributed by atoms with E-state index in [9.17, 15) is 0 Å². The fourth-order valence-corrected chi connectivity index (χ4v) is 2.50. The lowest BCUT2D eigenvalue weighted by molar-refractivity contribution is 0.271. The molecule has 1 fully saturated rings. The van der Waals surface area contributed by atoms with Gasteiger partial charge in [0.25, 0.3) is 0 Å². The zero-order valence-electron chi connectivity index (χ0n) is 10.3. The highest BCUT2D eigenvalue weighted by Crippen LogP contribution is 2.21. The second kappa shape index (κ2) is 5.35. The van der Waals surface area contributed by atoms with Gasteiger partial charge in [0.15, 0.2) is 0 Å². The smallest absolute Gasteiger partial charge is 0.122 e. The van der Waals surface area contributed by atoms with Gasteiger partial charge < -0.3 is 9.64 Å². The summed E-state index contributed by atoms with van der Waals surface area (Å²) in [5, 5.41) is 0. The van der Waals surface area contributed by atoms with Crippen LogP contribution in [0.5, 0.6) is 5.75 Å². The standard InChI is InChI=1S/C14H21NO/c1-12-6-5-10-15(12)11-9-13-7-3-4-8-14(13)16-2/h3-4,7-8,12H,5-6,9-11H2,1-2H3/t12-/m1/s1. The molecule has 0 saturated carbocycles. The highest BCUT2D eigenvalue weighted by atomic mass is 16.5. The van der Waals surface area contributed by atoms with Gasteiger partial charge in [-0.25, -0.2) is 0 Å². The molecule has 1 aromatic carbocycles. The maximum atomic E-state index is 5.37. The molecule has 0 amide bonds. The van der Waals surface area contributed by atoms with Gasteiger partial charge in [0.2, 0.25) is 0 Å². The summed E-state index contributed by atoms with van der Waals surface area (Å²) in [5.74, 6) is 1.02. The van der Waals surface area contributed by atoms with Crippen molar-refractivity contribution >= 4 is 0 Å². The molecule has 1 aliphatic heterocycles. The van der Waals surface area contributed by atoms with Crippen molar-refractivity contribution in [3.63, 3.8) is 0 Å². The third kappa shape index (κ3) is 2.56. The third-order valence-corrected chi connectivity index (χ3v) is 3.55. The van der Waals surface area contributed by atoms with Crippen LogP contribution in [0.4, 0.5) is 0 Å². The molecule has 88 valence electrons. The molecule has 1 aliphatic rings. The lowest BCUT2D eigenvalue weighted by Gasteiger charge is -2.21. The molecule has 0 bridgehead atoms. The van der Waals surface area contributed by atoms with Crippen LogP contribution in [0.1, 0.15) is 25.3 Å². The van der Waals surface area contributed by atoms with Crippen molar-refractivity contribution in [3.8, 4) is 5.75 Å². The second-order valence-electron chi connectivity index (χ2n) is 4.59. The topological polar surface area (TPSA) is 12.5 Å². The van der Waals surface area contributed by atoms with E-state index in [1.807, 2.05) is 12.1 Å². The number of hydrogen-bond donors (Lipinski definition) is 0. The van der Waals surface area contributed by atoms with Crippen molar-refractivity contribution in [1.82, 2.24) is 4.90 Å². The highest BCUT2D eigenvalue weighted by molar-refractivity contribution is 5.33. The van der Waals surface area contributed by atoms with Crippen LogP contribution in [0.15, 0.2) is 24.3 Å². The molecule has 0 aliphatic carbocycles. The summed E-state index contributed by atoms with van der Waals surface area (Å²) in [4.78, 5) is 2.58. The Balaban J connectivity index is 1.93. The molecule has 0 N–H and O–H groups in total. The number of hydrogen-bond acceptors (Lipinski definition) is 2. The van der Waals surface area contributed by atoms with Crippen molar-refractivity contribution in [2.24, 2.45) is 0 Å². The van der Waals surface area contributed by atoms with E-state index in [1.165, 1.54) is 24.9 Å². The van der Waals surface area contributed by atoms with E-state index in [0.717, 1.165) is 24.8 Å². The van der Waals surface area contributed by atoms with Crippen molar-refractivity contribution in [1.29, 1.82) is 0 Å². The van der Waals surface area contributed by atoms with Crippen LogP contribution in [0, 0.1) is 0 Å². The lowest BCUT2D eigenvalue weighted by Crippen LogP contribution is -2.29. The lowest BCUT2D eigenvalue weighted by atomic mass is 10.1. The molecule has 1 saturated heterocycles. The summed E-state index contributed by atoms with van der Waals surface area (Å²) >= 11 is 0. The average molecular weight is 219 g/mol. The number of nitrogens with zero attached hydrogens (tertiary/aromatic N) is 1. The first kappa shape index (κ1) is 11.5. The Labute approximate surface area is 98.2 Å². The molecule has 0 aromatic heterocycles. The number of rotatable bonds is 4. The number of likely N-dealkylation sites (tertiary alicyclic amines) is 1. The maximum Gasteiger partial charge on any atom is 0.122 e. The monoisotopic (exact) mass is 219 g/mol. The molecule has 0 spiro atoms. The van der Waals surface area contributed by atoms with Crippen LogP contribution in [0.3, 0.4) is 0 Å². The average Bonchev–Trinajstić information content (AvgIpc) is 2.72. The summed E-state index contributed by atoms with van der Waals surface area (Å²) in [7, 11) is 1.75. The first-order chi connectivity index (χ1) is 7.81. The van der Waals surface area contributed by atoms with E-state index in [1.54, 1.807) is 7.11 Å². The Morgan fingerprint density at radius 3 is 2.88 bits per heavy atom. The Bertz CT molecular complexity index is 337.